The average molecular weight is 508 g/mol. The van der Waals surface area contributed by atoms with E-state index in [4.69, 9.17) is 10.5 Å². The van der Waals surface area contributed by atoms with Gasteiger partial charge in [-0.25, -0.2) is 4.79 Å². The molecule has 2 atom stereocenters. The van der Waals surface area contributed by atoms with Crippen LogP contribution in [0.5, 0.6) is 0 Å². The molecule has 0 aliphatic rings. The van der Waals surface area contributed by atoms with E-state index < -0.39 is 38.1 Å². The predicted octanol–water partition coefficient (Wildman–Crippen LogP) is 3.94. The van der Waals surface area contributed by atoms with E-state index in [1.165, 1.54) is 0 Å². The Hall–Kier alpha value is -3.57. The third-order valence-corrected chi connectivity index (χ3v) is 10.9. The normalized spacial score (nSPS) is 12.9. The standard InChI is InChI=1S/C28H37N3O4Si/c1-28(2,3)36(4,5)18-12-17-23(25(29)32)30-26(33)24(19-21-13-8-6-9-14-21)31-27(34)35-20-22-15-10-7-11-16-22/h6-11,13-16,23-24H,17,19-20H2,1-5H3,(H2,29,32)(H,30,33)(H,31,34)/t23-,24-/m0/s1. The summed E-state index contributed by atoms with van der Waals surface area (Å²) < 4.78 is 5.29. The summed E-state index contributed by atoms with van der Waals surface area (Å²) in [7, 11) is -1.88. The lowest BCUT2D eigenvalue weighted by Gasteiger charge is -2.31. The van der Waals surface area contributed by atoms with Crippen molar-refractivity contribution in [2.24, 2.45) is 5.73 Å². The molecule has 2 aromatic rings. The van der Waals surface area contributed by atoms with Gasteiger partial charge in [-0.05, 0) is 16.2 Å². The molecule has 0 saturated carbocycles. The third-order valence-electron chi connectivity index (χ3n) is 6.35. The van der Waals surface area contributed by atoms with Crippen molar-refractivity contribution >= 4 is 26.0 Å². The van der Waals surface area contributed by atoms with Gasteiger partial charge < -0.3 is 21.1 Å². The summed E-state index contributed by atoms with van der Waals surface area (Å²) in [6.45, 7) is 10.9. The molecule has 4 N–H and O–H groups in total. The Kier molecular flexibility index (Phi) is 10.3. The van der Waals surface area contributed by atoms with Crippen molar-refractivity contribution < 1.29 is 19.1 Å². The van der Waals surface area contributed by atoms with Crippen LogP contribution in [0.15, 0.2) is 60.7 Å². The predicted molar refractivity (Wildman–Crippen MR) is 144 cm³/mol. The third kappa shape index (κ3) is 9.23. The number of nitrogens with one attached hydrogen (secondary N) is 2. The number of carbonyl (C=O) groups excluding carboxylic acids is 3. The molecule has 0 aliphatic heterocycles. The van der Waals surface area contributed by atoms with Crippen molar-refractivity contribution in [3.05, 3.63) is 71.8 Å². The van der Waals surface area contributed by atoms with Crippen molar-refractivity contribution in [1.82, 2.24) is 10.6 Å². The molecule has 8 heteroatoms. The van der Waals surface area contributed by atoms with Gasteiger partial charge in [0, 0.05) is 12.8 Å². The van der Waals surface area contributed by atoms with Gasteiger partial charge in [0.1, 0.15) is 26.8 Å². The molecule has 0 fully saturated rings. The maximum Gasteiger partial charge on any atom is 0.408 e. The van der Waals surface area contributed by atoms with Gasteiger partial charge in [0.25, 0.3) is 0 Å². The SMILES string of the molecule is CC(C)(C)[Si](C)(C)C#CC[C@H](NC(=O)[C@H](Cc1ccccc1)NC(=O)OCc1ccccc1)C(N)=O. The quantitative estimate of drug-likeness (QED) is 0.353. The maximum atomic E-state index is 13.2. The molecule has 36 heavy (non-hydrogen) atoms. The van der Waals surface area contributed by atoms with Crippen LogP contribution >= 0.6 is 0 Å². The fourth-order valence-corrected chi connectivity index (χ4v) is 3.94. The second-order valence-corrected chi connectivity index (χ2v) is 15.3. The minimum absolute atomic E-state index is 0.0658. The van der Waals surface area contributed by atoms with E-state index in [9.17, 15) is 14.4 Å². The number of amides is 3. The van der Waals surface area contributed by atoms with Crippen LogP contribution < -0.4 is 16.4 Å². The monoisotopic (exact) mass is 507 g/mol. The molecule has 0 spiro atoms. The Labute approximate surface area is 215 Å². The van der Waals surface area contributed by atoms with Gasteiger partial charge in [-0.3, -0.25) is 9.59 Å². The van der Waals surface area contributed by atoms with Gasteiger partial charge in [-0.15, -0.1) is 11.5 Å². The minimum atomic E-state index is -1.88. The molecule has 3 amide bonds. The largest absolute Gasteiger partial charge is 0.445 e. The molecule has 7 nitrogen and oxygen atoms in total. The second-order valence-electron chi connectivity index (χ2n) is 10.3. The van der Waals surface area contributed by atoms with Crippen LogP contribution in [0.3, 0.4) is 0 Å². The molecule has 2 aromatic carbocycles. The van der Waals surface area contributed by atoms with E-state index in [1.807, 2.05) is 60.7 Å². The summed E-state index contributed by atoms with van der Waals surface area (Å²) in [4.78, 5) is 37.7. The first-order valence-electron chi connectivity index (χ1n) is 12.0. The van der Waals surface area contributed by atoms with Gasteiger partial charge in [0.05, 0.1) is 0 Å². The highest BCUT2D eigenvalue weighted by Gasteiger charge is 2.34. The number of hydrogen-bond acceptors (Lipinski definition) is 4. The van der Waals surface area contributed by atoms with Crippen LogP contribution in [0, 0.1) is 11.5 Å². The van der Waals surface area contributed by atoms with Crippen molar-refractivity contribution in [1.29, 1.82) is 0 Å². The molecular formula is C28H37N3O4Si. The van der Waals surface area contributed by atoms with Crippen molar-refractivity contribution in [2.75, 3.05) is 0 Å². The van der Waals surface area contributed by atoms with E-state index in [0.717, 1.165) is 11.1 Å². The number of primary amides is 1. The highest BCUT2D eigenvalue weighted by molar-refractivity contribution is 6.87. The molecule has 0 unspecified atom stereocenters. The molecule has 0 aromatic heterocycles. The molecular weight excluding hydrogens is 470 g/mol. The molecule has 0 saturated heterocycles. The van der Waals surface area contributed by atoms with Gasteiger partial charge in [0.2, 0.25) is 11.8 Å². The van der Waals surface area contributed by atoms with Crippen molar-refractivity contribution in [3.63, 3.8) is 0 Å². The maximum absolute atomic E-state index is 13.2. The lowest BCUT2D eigenvalue weighted by molar-refractivity contribution is -0.128. The lowest BCUT2D eigenvalue weighted by atomic mass is 10.0. The van der Waals surface area contributed by atoms with Gasteiger partial charge in [0.15, 0.2) is 0 Å². The number of benzene rings is 2. The van der Waals surface area contributed by atoms with Crippen molar-refractivity contribution in [2.45, 2.75) is 70.4 Å². The van der Waals surface area contributed by atoms with E-state index in [0.29, 0.717) is 0 Å². The van der Waals surface area contributed by atoms with E-state index in [-0.39, 0.29) is 24.5 Å². The molecule has 192 valence electrons. The van der Waals surface area contributed by atoms with Gasteiger partial charge in [-0.2, -0.15) is 0 Å². The zero-order valence-electron chi connectivity index (χ0n) is 21.8. The molecule has 2 rings (SSSR count). The van der Waals surface area contributed by atoms with Gasteiger partial charge >= 0.3 is 6.09 Å². The average Bonchev–Trinajstić information content (AvgIpc) is 2.82. The van der Waals surface area contributed by atoms with Crippen LogP contribution in [0.1, 0.15) is 38.3 Å². The smallest absolute Gasteiger partial charge is 0.408 e. The summed E-state index contributed by atoms with van der Waals surface area (Å²) >= 11 is 0. The molecule has 0 radical (unpaired) electrons. The summed E-state index contributed by atoms with van der Waals surface area (Å²) in [5.41, 5.74) is 10.6. The summed E-state index contributed by atoms with van der Waals surface area (Å²) in [5, 5.41) is 5.36. The summed E-state index contributed by atoms with van der Waals surface area (Å²) in [6.07, 6.45) is -0.415. The Morgan fingerprint density at radius 3 is 2.00 bits per heavy atom. The Bertz CT molecular complexity index is 1090. The first-order chi connectivity index (χ1) is 16.9. The minimum Gasteiger partial charge on any atom is -0.445 e. The number of rotatable bonds is 9. The topological polar surface area (TPSA) is 111 Å². The zero-order valence-corrected chi connectivity index (χ0v) is 22.8. The number of alkyl carbamates (subject to hydrolysis) is 1. The molecule has 0 bridgehead atoms. The number of carbonyl (C=O) groups is 3. The van der Waals surface area contributed by atoms with E-state index >= 15 is 0 Å². The van der Waals surface area contributed by atoms with Crippen LogP contribution in [-0.2, 0) is 27.4 Å². The number of ether oxygens (including phenoxy) is 1. The molecule has 0 heterocycles. The molecule has 0 aliphatic carbocycles. The summed E-state index contributed by atoms with van der Waals surface area (Å²) in [5.74, 6) is 1.85. The highest BCUT2D eigenvalue weighted by Crippen LogP contribution is 2.35. The highest BCUT2D eigenvalue weighted by atomic mass is 28.3. The van der Waals surface area contributed by atoms with Crippen LogP contribution in [-0.4, -0.2) is 38.1 Å². The van der Waals surface area contributed by atoms with Crippen LogP contribution in [0.4, 0.5) is 4.79 Å². The first-order valence-corrected chi connectivity index (χ1v) is 15.0. The summed E-state index contributed by atoms with van der Waals surface area (Å²) in [6, 6.07) is 16.6. The van der Waals surface area contributed by atoms with Crippen molar-refractivity contribution in [3.8, 4) is 11.5 Å². The number of hydrogen-bond donors (Lipinski definition) is 3. The van der Waals surface area contributed by atoms with E-state index in [2.05, 4.69) is 56.0 Å². The van der Waals surface area contributed by atoms with Crippen LogP contribution in [0.2, 0.25) is 18.1 Å². The van der Waals surface area contributed by atoms with Crippen LogP contribution in [0.25, 0.3) is 0 Å². The second kappa shape index (κ2) is 12.9. The van der Waals surface area contributed by atoms with E-state index in [1.54, 1.807) is 0 Å². The number of nitrogens with two attached hydrogens (primary N) is 1. The fourth-order valence-electron chi connectivity index (χ4n) is 3.02. The Balaban J connectivity index is 2.11. The zero-order chi connectivity index (χ0) is 26.8. The first kappa shape index (κ1) is 28.7. The lowest BCUT2D eigenvalue weighted by Crippen LogP contribution is -2.53. The Morgan fingerprint density at radius 1 is 0.917 bits per heavy atom. The fraction of sp³-hybridized carbons (Fsp3) is 0.393. The Morgan fingerprint density at radius 2 is 1.47 bits per heavy atom. The van der Waals surface area contributed by atoms with Gasteiger partial charge in [-0.1, -0.05) is 94.5 Å².